The number of nitrogens with zero attached hydrogens (tertiary/aromatic N) is 5. The minimum atomic E-state index is -0.301. The summed E-state index contributed by atoms with van der Waals surface area (Å²) in [5.41, 5.74) is 1.64. The van der Waals surface area contributed by atoms with E-state index in [4.69, 9.17) is 9.97 Å². The molecule has 0 spiro atoms. The van der Waals surface area contributed by atoms with Gasteiger partial charge in [-0.05, 0) is 44.2 Å². The maximum Gasteiger partial charge on any atom is 0.227 e. The highest BCUT2D eigenvalue weighted by Gasteiger charge is 2.33. The molecule has 0 bridgehead atoms. The molecule has 1 aliphatic heterocycles. The van der Waals surface area contributed by atoms with Gasteiger partial charge in [-0.15, -0.1) is 0 Å². The Morgan fingerprint density at radius 1 is 1.06 bits per heavy atom. The Hall–Kier alpha value is -2.54. The molecule has 4 rings (SSSR count). The summed E-state index contributed by atoms with van der Waals surface area (Å²) in [6, 6.07) is 8.69. The highest BCUT2D eigenvalue weighted by Crippen LogP contribution is 2.32. The van der Waals surface area contributed by atoms with Crippen molar-refractivity contribution >= 4 is 17.4 Å². The summed E-state index contributed by atoms with van der Waals surface area (Å²) in [4.78, 5) is 28.5. The summed E-state index contributed by atoms with van der Waals surface area (Å²) in [6.07, 6.45) is 6.80. The highest BCUT2D eigenvalue weighted by molar-refractivity contribution is 5.96. The molecule has 1 aromatic carbocycles. The van der Waals surface area contributed by atoms with E-state index < -0.39 is 0 Å². The third kappa shape index (κ3) is 5.03. The number of carbonyl (C=O) groups is 1. The molecule has 1 aliphatic carbocycles. The van der Waals surface area contributed by atoms with E-state index in [0.717, 1.165) is 23.0 Å². The Labute approximate surface area is 184 Å². The third-order valence-electron chi connectivity index (χ3n) is 6.51. The smallest absolute Gasteiger partial charge is 0.227 e. The number of halogens is 1. The van der Waals surface area contributed by atoms with Crippen molar-refractivity contribution in [2.24, 2.45) is 0 Å². The van der Waals surface area contributed by atoms with E-state index >= 15 is 0 Å². The number of benzene rings is 1. The van der Waals surface area contributed by atoms with Gasteiger partial charge in [0, 0.05) is 50.8 Å². The second-order valence-corrected chi connectivity index (χ2v) is 9.05. The van der Waals surface area contributed by atoms with Crippen molar-refractivity contribution in [3.8, 4) is 0 Å². The Morgan fingerprint density at radius 3 is 2.45 bits per heavy atom. The van der Waals surface area contributed by atoms with E-state index in [1.165, 1.54) is 44.2 Å². The van der Waals surface area contributed by atoms with Crippen molar-refractivity contribution in [1.29, 1.82) is 0 Å². The maximum atomic E-state index is 13.3. The molecule has 0 unspecified atom stereocenters. The molecule has 166 valence electrons. The maximum absolute atomic E-state index is 13.3. The van der Waals surface area contributed by atoms with Crippen LogP contribution in [0.4, 0.5) is 15.9 Å². The van der Waals surface area contributed by atoms with E-state index in [1.54, 1.807) is 17.0 Å². The molecule has 1 aromatic heterocycles. The van der Waals surface area contributed by atoms with Gasteiger partial charge < -0.3 is 9.80 Å². The Morgan fingerprint density at radius 2 is 1.77 bits per heavy atom. The Bertz CT molecular complexity index is 911. The molecule has 0 radical (unpaired) electrons. The van der Waals surface area contributed by atoms with Gasteiger partial charge in [0.05, 0.1) is 12.2 Å². The van der Waals surface area contributed by atoms with Crippen LogP contribution in [0.3, 0.4) is 0 Å². The van der Waals surface area contributed by atoms with Gasteiger partial charge in [0.1, 0.15) is 17.5 Å². The molecule has 1 atom stereocenters. The number of hydrogen-bond donors (Lipinski definition) is 0. The average Bonchev–Trinajstić information content (AvgIpc) is 3.16. The summed E-state index contributed by atoms with van der Waals surface area (Å²) in [5.74, 6) is 1.41. The Kier molecular flexibility index (Phi) is 6.51. The Balaban J connectivity index is 1.54. The van der Waals surface area contributed by atoms with Crippen molar-refractivity contribution in [2.45, 2.75) is 57.0 Å². The molecular formula is C24H32FN5O. The van der Waals surface area contributed by atoms with Crippen LogP contribution in [0.2, 0.25) is 0 Å². The number of anilines is 2. The van der Waals surface area contributed by atoms with Gasteiger partial charge in [0.25, 0.3) is 0 Å². The van der Waals surface area contributed by atoms with Gasteiger partial charge in [0.15, 0.2) is 0 Å². The highest BCUT2D eigenvalue weighted by atomic mass is 19.1. The number of aromatic nitrogens is 2. The van der Waals surface area contributed by atoms with Crippen LogP contribution in [0.1, 0.15) is 56.0 Å². The van der Waals surface area contributed by atoms with Crippen LogP contribution < -0.4 is 9.80 Å². The lowest BCUT2D eigenvalue weighted by atomic mass is 9.94. The number of amides is 1. The molecule has 2 aromatic rings. The first-order valence-electron chi connectivity index (χ1n) is 11.2. The van der Waals surface area contributed by atoms with Gasteiger partial charge in [-0.2, -0.15) is 0 Å². The van der Waals surface area contributed by atoms with Crippen LogP contribution in [-0.4, -0.2) is 54.5 Å². The van der Waals surface area contributed by atoms with E-state index in [1.807, 2.05) is 25.1 Å². The van der Waals surface area contributed by atoms with Gasteiger partial charge in [-0.1, -0.05) is 19.3 Å². The summed E-state index contributed by atoms with van der Waals surface area (Å²) < 4.78 is 13.3. The van der Waals surface area contributed by atoms with Crippen molar-refractivity contribution in [3.63, 3.8) is 0 Å². The lowest BCUT2D eigenvalue weighted by molar-refractivity contribution is -0.117. The summed E-state index contributed by atoms with van der Waals surface area (Å²) in [7, 11) is 6.12. The van der Waals surface area contributed by atoms with Gasteiger partial charge in [-0.25, -0.2) is 14.4 Å². The molecule has 2 heterocycles. The van der Waals surface area contributed by atoms with E-state index in [-0.39, 0.29) is 17.6 Å². The fourth-order valence-corrected chi connectivity index (χ4v) is 4.66. The molecule has 0 N–H and O–H groups in total. The largest absolute Gasteiger partial charge is 0.363 e. The van der Waals surface area contributed by atoms with Crippen molar-refractivity contribution in [3.05, 3.63) is 47.7 Å². The van der Waals surface area contributed by atoms with Gasteiger partial charge in [-0.3, -0.25) is 9.69 Å². The molecule has 1 saturated carbocycles. The standard InChI is InChI=1S/C24H32FN5O/c1-28(2)23-14-21(26-22(27-23)16-29(3)19-7-5-4-6-8-19)17-13-24(31)30(15-17)20-11-9-18(25)10-12-20/h9-12,14,17,19H,4-8,13,15-16H2,1-3H3/t17-/m0/s1. The fourth-order valence-electron chi connectivity index (χ4n) is 4.66. The zero-order valence-electron chi connectivity index (χ0n) is 18.7. The predicted octanol–water partition coefficient (Wildman–Crippen LogP) is 3.97. The van der Waals surface area contributed by atoms with Crippen LogP contribution in [0.25, 0.3) is 0 Å². The summed E-state index contributed by atoms with van der Waals surface area (Å²) >= 11 is 0. The lowest BCUT2D eigenvalue weighted by Crippen LogP contribution is -2.33. The molecule has 7 heteroatoms. The minimum absolute atomic E-state index is 0.00186. The van der Waals surface area contributed by atoms with Crippen molar-refractivity contribution in [1.82, 2.24) is 14.9 Å². The number of hydrogen-bond acceptors (Lipinski definition) is 5. The molecular weight excluding hydrogens is 393 g/mol. The molecule has 1 saturated heterocycles. The van der Waals surface area contributed by atoms with Crippen LogP contribution >= 0.6 is 0 Å². The molecule has 31 heavy (non-hydrogen) atoms. The first kappa shape index (κ1) is 21.7. The molecule has 1 amide bonds. The van der Waals surface area contributed by atoms with Crippen LogP contribution in [0, 0.1) is 5.82 Å². The normalized spacial score (nSPS) is 20.0. The molecule has 6 nitrogen and oxygen atoms in total. The van der Waals surface area contributed by atoms with Gasteiger partial charge in [0.2, 0.25) is 5.91 Å². The number of rotatable bonds is 6. The van der Waals surface area contributed by atoms with Gasteiger partial charge >= 0.3 is 0 Å². The monoisotopic (exact) mass is 425 g/mol. The van der Waals surface area contributed by atoms with E-state index in [0.29, 0.717) is 25.6 Å². The fraction of sp³-hybridized carbons (Fsp3) is 0.542. The molecule has 2 fully saturated rings. The van der Waals surface area contributed by atoms with Crippen LogP contribution in [0.5, 0.6) is 0 Å². The minimum Gasteiger partial charge on any atom is -0.363 e. The van der Waals surface area contributed by atoms with E-state index in [2.05, 4.69) is 11.9 Å². The third-order valence-corrected chi connectivity index (χ3v) is 6.51. The van der Waals surface area contributed by atoms with Crippen LogP contribution in [0.15, 0.2) is 30.3 Å². The summed E-state index contributed by atoms with van der Waals surface area (Å²) in [5, 5.41) is 0. The second-order valence-electron chi connectivity index (χ2n) is 9.05. The first-order chi connectivity index (χ1) is 14.9. The quantitative estimate of drug-likeness (QED) is 0.701. The van der Waals surface area contributed by atoms with Crippen LogP contribution in [-0.2, 0) is 11.3 Å². The van der Waals surface area contributed by atoms with E-state index in [9.17, 15) is 9.18 Å². The second kappa shape index (κ2) is 9.30. The zero-order valence-corrected chi connectivity index (χ0v) is 18.7. The van der Waals surface area contributed by atoms with Crippen molar-refractivity contribution < 1.29 is 9.18 Å². The molecule has 2 aliphatic rings. The lowest BCUT2D eigenvalue weighted by Gasteiger charge is -2.31. The first-order valence-corrected chi connectivity index (χ1v) is 11.2. The SMILES string of the molecule is CN(C)c1cc([C@H]2CC(=O)N(c3ccc(F)cc3)C2)nc(CN(C)C2CCCCC2)n1. The topological polar surface area (TPSA) is 52.6 Å². The average molecular weight is 426 g/mol. The summed E-state index contributed by atoms with van der Waals surface area (Å²) in [6.45, 7) is 1.26. The number of carbonyl (C=O) groups excluding carboxylic acids is 1. The predicted molar refractivity (Wildman–Crippen MR) is 121 cm³/mol. The van der Waals surface area contributed by atoms with Crippen molar-refractivity contribution in [2.75, 3.05) is 37.5 Å². The zero-order chi connectivity index (χ0) is 22.0.